The van der Waals surface area contributed by atoms with Crippen LogP contribution in [-0.4, -0.2) is 46.9 Å². The second-order valence-corrected chi connectivity index (χ2v) is 5.42. The first-order chi connectivity index (χ1) is 10.1. The van der Waals surface area contributed by atoms with Gasteiger partial charge in [-0.05, 0) is 20.3 Å². The molecule has 1 aliphatic rings. The van der Waals surface area contributed by atoms with E-state index in [1.807, 2.05) is 11.8 Å². The number of aromatic nitrogens is 6. The van der Waals surface area contributed by atoms with E-state index in [-0.39, 0.29) is 11.9 Å². The Morgan fingerprint density at radius 2 is 2.29 bits per heavy atom. The van der Waals surface area contributed by atoms with Crippen molar-refractivity contribution in [2.45, 2.75) is 45.8 Å². The van der Waals surface area contributed by atoms with Crippen LogP contribution in [0.5, 0.6) is 0 Å². The van der Waals surface area contributed by atoms with Gasteiger partial charge < -0.3 is 9.47 Å². The quantitative estimate of drug-likeness (QED) is 0.821. The van der Waals surface area contributed by atoms with Crippen molar-refractivity contribution in [3.8, 4) is 0 Å². The van der Waals surface area contributed by atoms with E-state index in [4.69, 9.17) is 0 Å². The van der Waals surface area contributed by atoms with Crippen molar-refractivity contribution >= 4 is 5.91 Å². The van der Waals surface area contributed by atoms with Gasteiger partial charge in [0, 0.05) is 19.5 Å². The van der Waals surface area contributed by atoms with Crippen LogP contribution in [0, 0.1) is 6.92 Å². The molecule has 1 unspecified atom stereocenters. The van der Waals surface area contributed by atoms with E-state index in [0.717, 1.165) is 18.1 Å². The van der Waals surface area contributed by atoms with Crippen molar-refractivity contribution in [2.24, 2.45) is 0 Å². The number of nitrogens with zero attached hydrogens (tertiary/aromatic N) is 7. The molecule has 1 atom stereocenters. The lowest BCUT2D eigenvalue weighted by Crippen LogP contribution is -2.40. The summed E-state index contributed by atoms with van der Waals surface area (Å²) < 4.78 is 3.85. The van der Waals surface area contributed by atoms with Crippen LogP contribution in [0.4, 0.5) is 0 Å². The molecule has 0 aliphatic carbocycles. The number of carbonyl (C=O) groups excluding carboxylic acids is 1. The molecule has 2 aromatic heterocycles. The smallest absolute Gasteiger partial charge is 0.223 e. The van der Waals surface area contributed by atoms with Gasteiger partial charge in [0.05, 0.1) is 12.6 Å². The molecule has 2 aromatic rings. The Kier molecular flexibility index (Phi) is 3.68. The lowest BCUT2D eigenvalue weighted by atomic mass is 10.2. The lowest BCUT2D eigenvalue weighted by molar-refractivity contribution is -0.133. The van der Waals surface area contributed by atoms with E-state index in [1.165, 1.54) is 6.33 Å². The third-order valence-electron chi connectivity index (χ3n) is 3.79. The number of amides is 1. The normalized spacial score (nSPS) is 17.8. The maximum absolute atomic E-state index is 12.3. The molecule has 0 saturated heterocycles. The Morgan fingerprint density at radius 1 is 1.43 bits per heavy atom. The van der Waals surface area contributed by atoms with Crippen LogP contribution in [0.25, 0.3) is 0 Å². The first kappa shape index (κ1) is 13.7. The van der Waals surface area contributed by atoms with Crippen molar-refractivity contribution in [1.29, 1.82) is 0 Å². The van der Waals surface area contributed by atoms with Gasteiger partial charge in [-0.2, -0.15) is 5.10 Å². The number of aryl methyl sites for hydroxylation is 2. The molecule has 0 radical (unpaired) electrons. The largest absolute Gasteiger partial charge is 0.333 e. The summed E-state index contributed by atoms with van der Waals surface area (Å²) in [4.78, 5) is 18.1. The van der Waals surface area contributed by atoms with E-state index < -0.39 is 0 Å². The monoisotopic (exact) mass is 289 g/mol. The molecule has 0 fully saturated rings. The van der Waals surface area contributed by atoms with Gasteiger partial charge in [0.2, 0.25) is 5.91 Å². The van der Waals surface area contributed by atoms with Crippen molar-refractivity contribution in [2.75, 3.05) is 6.54 Å². The van der Waals surface area contributed by atoms with Crippen molar-refractivity contribution in [1.82, 2.24) is 34.4 Å². The average Bonchev–Trinajstić information content (AvgIpc) is 3.09. The Morgan fingerprint density at radius 3 is 3.05 bits per heavy atom. The first-order valence-corrected chi connectivity index (χ1v) is 7.15. The van der Waals surface area contributed by atoms with E-state index in [9.17, 15) is 4.79 Å². The Labute approximate surface area is 122 Å². The minimum Gasteiger partial charge on any atom is -0.333 e. The van der Waals surface area contributed by atoms with Gasteiger partial charge in [-0.25, -0.2) is 4.98 Å². The molecular weight excluding hydrogens is 270 g/mol. The molecule has 21 heavy (non-hydrogen) atoms. The van der Waals surface area contributed by atoms with Gasteiger partial charge >= 0.3 is 0 Å². The molecule has 0 spiro atoms. The minimum atomic E-state index is 0.161. The van der Waals surface area contributed by atoms with Crippen molar-refractivity contribution in [3.63, 3.8) is 0 Å². The highest BCUT2D eigenvalue weighted by atomic mass is 16.2. The van der Waals surface area contributed by atoms with Crippen molar-refractivity contribution in [3.05, 3.63) is 24.3 Å². The van der Waals surface area contributed by atoms with Crippen LogP contribution in [-0.2, 0) is 17.9 Å². The van der Waals surface area contributed by atoms with Gasteiger partial charge in [0.15, 0.2) is 5.82 Å². The van der Waals surface area contributed by atoms with Gasteiger partial charge in [-0.1, -0.05) is 0 Å². The van der Waals surface area contributed by atoms with Crippen LogP contribution in [0.2, 0.25) is 0 Å². The predicted octanol–water partition coefficient (Wildman–Crippen LogP) is 0.562. The lowest BCUT2D eigenvalue weighted by Gasteiger charge is -2.32. The molecule has 112 valence electrons. The second-order valence-electron chi connectivity index (χ2n) is 5.42. The zero-order valence-electron chi connectivity index (χ0n) is 12.3. The molecule has 0 bridgehead atoms. The maximum atomic E-state index is 12.3. The number of hydrogen-bond donors (Lipinski definition) is 0. The fourth-order valence-corrected chi connectivity index (χ4v) is 2.82. The standard InChI is InChI=1S/C13H19N7O/c1-10-6-18(7-12-17-16-11(2)20(10)12)13(21)4-3-5-19-9-14-8-15-19/h8-10H,3-7H2,1-2H3. The summed E-state index contributed by atoms with van der Waals surface area (Å²) in [5.74, 6) is 1.94. The Hall–Kier alpha value is -2.25. The van der Waals surface area contributed by atoms with E-state index in [1.54, 1.807) is 11.0 Å². The topological polar surface area (TPSA) is 81.7 Å². The molecule has 8 nitrogen and oxygen atoms in total. The van der Waals surface area contributed by atoms with Crippen LogP contribution in [0.15, 0.2) is 12.7 Å². The SMILES string of the molecule is Cc1nnc2n1C(C)CN(C(=O)CCCn1cncn1)C2. The molecule has 8 heteroatoms. The van der Waals surface area contributed by atoms with Gasteiger partial charge in [0.1, 0.15) is 18.5 Å². The Balaban J connectivity index is 1.56. The number of fused-ring (bicyclic) bond motifs is 1. The number of carbonyl (C=O) groups is 1. The summed E-state index contributed by atoms with van der Waals surface area (Å²) in [6.45, 7) is 6.02. The number of hydrogen-bond acceptors (Lipinski definition) is 5. The molecule has 1 aliphatic heterocycles. The highest BCUT2D eigenvalue weighted by Crippen LogP contribution is 2.21. The van der Waals surface area contributed by atoms with Gasteiger partial charge in [-0.3, -0.25) is 9.48 Å². The van der Waals surface area contributed by atoms with Crippen LogP contribution < -0.4 is 0 Å². The molecule has 1 amide bonds. The molecule has 3 rings (SSSR count). The highest BCUT2D eigenvalue weighted by Gasteiger charge is 2.27. The first-order valence-electron chi connectivity index (χ1n) is 7.15. The van der Waals surface area contributed by atoms with Crippen LogP contribution >= 0.6 is 0 Å². The van der Waals surface area contributed by atoms with Gasteiger partial charge in [-0.15, -0.1) is 10.2 Å². The highest BCUT2D eigenvalue weighted by molar-refractivity contribution is 5.76. The summed E-state index contributed by atoms with van der Waals surface area (Å²) >= 11 is 0. The van der Waals surface area contributed by atoms with E-state index in [2.05, 4.69) is 31.8 Å². The van der Waals surface area contributed by atoms with Crippen LogP contribution in [0.1, 0.15) is 37.5 Å². The third-order valence-corrected chi connectivity index (χ3v) is 3.79. The number of rotatable bonds is 4. The van der Waals surface area contributed by atoms with E-state index in [0.29, 0.717) is 26.1 Å². The molecular formula is C13H19N7O. The van der Waals surface area contributed by atoms with E-state index >= 15 is 0 Å². The molecule has 3 heterocycles. The molecule has 0 N–H and O–H groups in total. The maximum Gasteiger partial charge on any atom is 0.223 e. The summed E-state index contributed by atoms with van der Waals surface area (Å²) in [6, 6.07) is 0.225. The summed E-state index contributed by atoms with van der Waals surface area (Å²) in [6.07, 6.45) is 4.44. The zero-order valence-corrected chi connectivity index (χ0v) is 12.3. The van der Waals surface area contributed by atoms with Crippen molar-refractivity contribution < 1.29 is 4.79 Å². The average molecular weight is 289 g/mol. The molecule has 0 aromatic carbocycles. The third kappa shape index (κ3) is 2.79. The Bertz CT molecular complexity index is 619. The fraction of sp³-hybridized carbons (Fsp3) is 0.615. The summed E-state index contributed by atoms with van der Waals surface area (Å²) in [5, 5.41) is 12.3. The fourth-order valence-electron chi connectivity index (χ4n) is 2.82. The van der Waals surface area contributed by atoms with Crippen LogP contribution in [0.3, 0.4) is 0 Å². The molecule has 0 saturated carbocycles. The minimum absolute atomic E-state index is 0.161. The van der Waals surface area contributed by atoms with Gasteiger partial charge in [0.25, 0.3) is 0 Å². The summed E-state index contributed by atoms with van der Waals surface area (Å²) in [5.41, 5.74) is 0. The second kappa shape index (κ2) is 5.63. The zero-order chi connectivity index (χ0) is 14.8. The predicted molar refractivity (Wildman–Crippen MR) is 74.1 cm³/mol. The summed E-state index contributed by atoms with van der Waals surface area (Å²) in [7, 11) is 0.